The van der Waals surface area contributed by atoms with Crippen LogP contribution in [-0.2, 0) is 11.2 Å². The largest absolute Gasteiger partial charge is 0.378 e. The second-order valence-corrected chi connectivity index (χ2v) is 6.36. The van der Waals surface area contributed by atoms with Gasteiger partial charge >= 0.3 is 0 Å². The molecule has 4 rings (SSSR count). The number of hydrogen-bond acceptors (Lipinski definition) is 4. The molecule has 1 aromatic carbocycles. The molecule has 0 saturated carbocycles. The summed E-state index contributed by atoms with van der Waals surface area (Å²) >= 11 is 0. The van der Waals surface area contributed by atoms with Crippen molar-refractivity contribution in [2.45, 2.75) is 19.4 Å². The number of fused-ring (bicyclic) bond motifs is 1. The molecule has 1 amide bonds. The number of morpholine rings is 1. The second kappa shape index (κ2) is 6.24. The van der Waals surface area contributed by atoms with Crippen molar-refractivity contribution in [3.63, 3.8) is 0 Å². The van der Waals surface area contributed by atoms with Crippen LogP contribution in [0, 0.1) is 0 Å². The highest BCUT2D eigenvalue weighted by atomic mass is 16.5. The van der Waals surface area contributed by atoms with Crippen molar-refractivity contribution in [1.82, 2.24) is 4.98 Å². The van der Waals surface area contributed by atoms with Gasteiger partial charge in [-0.3, -0.25) is 4.79 Å². The van der Waals surface area contributed by atoms with Crippen LogP contribution in [0.25, 0.3) is 0 Å². The van der Waals surface area contributed by atoms with Gasteiger partial charge < -0.3 is 14.5 Å². The molecule has 124 valence electrons. The third-order valence-corrected chi connectivity index (χ3v) is 4.77. The Morgan fingerprint density at radius 2 is 1.96 bits per heavy atom. The minimum atomic E-state index is -0.0269. The van der Waals surface area contributed by atoms with Crippen molar-refractivity contribution in [3.05, 3.63) is 53.9 Å². The monoisotopic (exact) mass is 323 g/mol. The number of hydrogen-bond donors (Lipinski definition) is 0. The van der Waals surface area contributed by atoms with Crippen LogP contribution in [0.1, 0.15) is 23.0 Å². The van der Waals surface area contributed by atoms with Gasteiger partial charge in [0.25, 0.3) is 5.91 Å². The Balaban J connectivity index is 1.56. The summed E-state index contributed by atoms with van der Waals surface area (Å²) < 4.78 is 5.37. The van der Waals surface area contributed by atoms with Crippen LogP contribution < -0.4 is 9.80 Å². The maximum Gasteiger partial charge on any atom is 0.277 e. The summed E-state index contributed by atoms with van der Waals surface area (Å²) in [6.45, 7) is 5.29. The van der Waals surface area contributed by atoms with E-state index in [-0.39, 0.29) is 11.9 Å². The van der Waals surface area contributed by atoms with Gasteiger partial charge in [0.05, 0.1) is 25.1 Å². The molecule has 1 unspecified atom stereocenters. The van der Waals surface area contributed by atoms with E-state index in [1.165, 1.54) is 5.56 Å². The van der Waals surface area contributed by atoms with Crippen molar-refractivity contribution < 1.29 is 9.53 Å². The van der Waals surface area contributed by atoms with Crippen molar-refractivity contribution in [1.29, 1.82) is 0 Å². The maximum absolute atomic E-state index is 12.9. The summed E-state index contributed by atoms with van der Waals surface area (Å²) in [5, 5.41) is 0. The molecular weight excluding hydrogens is 302 g/mol. The van der Waals surface area contributed by atoms with Crippen LogP contribution in [0.3, 0.4) is 0 Å². The average Bonchev–Trinajstić information content (AvgIpc) is 2.98. The quantitative estimate of drug-likeness (QED) is 0.852. The lowest BCUT2D eigenvalue weighted by atomic mass is 10.1. The maximum atomic E-state index is 12.9. The molecule has 0 aliphatic carbocycles. The first-order chi connectivity index (χ1) is 11.7. The average molecular weight is 323 g/mol. The van der Waals surface area contributed by atoms with E-state index >= 15 is 0 Å². The van der Waals surface area contributed by atoms with Gasteiger partial charge in [-0.1, -0.05) is 18.2 Å². The Morgan fingerprint density at radius 3 is 2.71 bits per heavy atom. The highest BCUT2D eigenvalue weighted by molar-refractivity contribution is 6.06. The van der Waals surface area contributed by atoms with E-state index in [1.54, 1.807) is 6.20 Å². The van der Waals surface area contributed by atoms with E-state index in [0.717, 1.165) is 44.1 Å². The zero-order chi connectivity index (χ0) is 16.5. The van der Waals surface area contributed by atoms with Crippen LogP contribution in [0.2, 0.25) is 0 Å². The molecule has 2 aliphatic heterocycles. The van der Waals surface area contributed by atoms with Crippen molar-refractivity contribution in [3.8, 4) is 0 Å². The molecule has 1 fully saturated rings. The number of rotatable bonds is 2. The molecule has 1 saturated heterocycles. The molecule has 3 heterocycles. The second-order valence-electron chi connectivity index (χ2n) is 6.36. The standard InChI is InChI=1S/C19H21N3O2/c1-14-12-15-4-2-3-5-18(15)22(14)19(23)17-7-6-16(13-20-17)21-8-10-24-11-9-21/h2-7,13-14H,8-12H2,1H3. The fourth-order valence-corrected chi connectivity index (χ4v) is 3.52. The van der Waals surface area contributed by atoms with Crippen LogP contribution in [-0.4, -0.2) is 43.2 Å². The molecule has 5 nitrogen and oxygen atoms in total. The number of carbonyl (C=O) groups excluding carboxylic acids is 1. The number of carbonyl (C=O) groups is 1. The summed E-state index contributed by atoms with van der Waals surface area (Å²) in [4.78, 5) is 21.5. The third kappa shape index (κ3) is 2.65. The number of benzene rings is 1. The highest BCUT2D eigenvalue weighted by Gasteiger charge is 2.31. The van der Waals surface area contributed by atoms with Gasteiger partial charge in [0.15, 0.2) is 0 Å². The summed E-state index contributed by atoms with van der Waals surface area (Å²) in [6.07, 6.45) is 2.69. The van der Waals surface area contributed by atoms with E-state index in [4.69, 9.17) is 4.74 Å². The molecule has 0 N–H and O–H groups in total. The van der Waals surface area contributed by atoms with Gasteiger partial charge in [-0.2, -0.15) is 0 Å². The Morgan fingerprint density at radius 1 is 1.17 bits per heavy atom. The minimum absolute atomic E-state index is 0.0269. The first kappa shape index (κ1) is 15.1. The zero-order valence-electron chi connectivity index (χ0n) is 13.8. The number of ether oxygens (including phenoxy) is 1. The first-order valence-electron chi connectivity index (χ1n) is 8.44. The molecule has 2 aliphatic rings. The fourth-order valence-electron chi connectivity index (χ4n) is 3.52. The van der Waals surface area contributed by atoms with Crippen molar-refractivity contribution in [2.24, 2.45) is 0 Å². The smallest absolute Gasteiger partial charge is 0.277 e. The number of pyridine rings is 1. The summed E-state index contributed by atoms with van der Waals surface area (Å²) in [5.74, 6) is -0.0269. The summed E-state index contributed by atoms with van der Waals surface area (Å²) in [7, 11) is 0. The van der Waals surface area contributed by atoms with Crippen LogP contribution in [0.15, 0.2) is 42.6 Å². The van der Waals surface area contributed by atoms with E-state index < -0.39 is 0 Å². The first-order valence-corrected chi connectivity index (χ1v) is 8.44. The van der Waals surface area contributed by atoms with Gasteiger partial charge in [0.1, 0.15) is 5.69 Å². The Hall–Kier alpha value is -2.40. The van der Waals surface area contributed by atoms with E-state index in [2.05, 4.69) is 22.9 Å². The van der Waals surface area contributed by atoms with E-state index in [9.17, 15) is 4.79 Å². The predicted octanol–water partition coefficient (Wildman–Crippen LogP) is 2.51. The topological polar surface area (TPSA) is 45.7 Å². The lowest BCUT2D eigenvalue weighted by Gasteiger charge is -2.28. The number of para-hydroxylation sites is 1. The number of aromatic nitrogens is 1. The van der Waals surface area contributed by atoms with E-state index in [1.807, 2.05) is 35.2 Å². The molecular formula is C19H21N3O2. The van der Waals surface area contributed by atoms with Gasteiger partial charge in [-0.05, 0) is 37.1 Å². The number of nitrogens with zero attached hydrogens (tertiary/aromatic N) is 3. The molecule has 1 atom stereocenters. The van der Waals surface area contributed by atoms with Crippen molar-refractivity contribution >= 4 is 17.3 Å². The molecule has 1 aromatic heterocycles. The minimum Gasteiger partial charge on any atom is -0.378 e. The molecule has 0 bridgehead atoms. The van der Waals surface area contributed by atoms with Gasteiger partial charge in [-0.15, -0.1) is 0 Å². The molecule has 2 aromatic rings. The van der Waals surface area contributed by atoms with Gasteiger partial charge in [-0.25, -0.2) is 4.98 Å². The normalized spacial score (nSPS) is 20.1. The number of amides is 1. The molecule has 5 heteroatoms. The lowest BCUT2D eigenvalue weighted by Crippen LogP contribution is -2.37. The highest BCUT2D eigenvalue weighted by Crippen LogP contribution is 2.32. The summed E-state index contributed by atoms with van der Waals surface area (Å²) in [5.41, 5.74) is 3.78. The Labute approximate surface area is 141 Å². The van der Waals surface area contributed by atoms with Gasteiger partial charge in [0.2, 0.25) is 0 Å². The van der Waals surface area contributed by atoms with Crippen LogP contribution >= 0.6 is 0 Å². The molecule has 0 spiro atoms. The van der Waals surface area contributed by atoms with Gasteiger partial charge in [0, 0.05) is 24.8 Å². The summed E-state index contributed by atoms with van der Waals surface area (Å²) in [6, 6.07) is 12.1. The molecule has 0 radical (unpaired) electrons. The fraction of sp³-hybridized carbons (Fsp3) is 0.368. The Bertz CT molecular complexity index is 739. The lowest BCUT2D eigenvalue weighted by molar-refractivity contribution is 0.0976. The zero-order valence-corrected chi connectivity index (χ0v) is 13.8. The van der Waals surface area contributed by atoms with Crippen LogP contribution in [0.4, 0.5) is 11.4 Å². The SMILES string of the molecule is CC1Cc2ccccc2N1C(=O)c1ccc(N2CCOCC2)cn1. The third-order valence-electron chi connectivity index (χ3n) is 4.77. The Kier molecular flexibility index (Phi) is 3.94. The molecule has 24 heavy (non-hydrogen) atoms. The predicted molar refractivity (Wildman–Crippen MR) is 93.7 cm³/mol. The van der Waals surface area contributed by atoms with Crippen molar-refractivity contribution in [2.75, 3.05) is 36.1 Å². The van der Waals surface area contributed by atoms with E-state index in [0.29, 0.717) is 5.69 Å². The van der Waals surface area contributed by atoms with Crippen LogP contribution in [0.5, 0.6) is 0 Å². The number of anilines is 2.